The van der Waals surface area contributed by atoms with Crippen molar-refractivity contribution in [1.82, 2.24) is 10.2 Å². The van der Waals surface area contributed by atoms with Crippen LogP contribution >= 0.6 is 11.3 Å². The van der Waals surface area contributed by atoms with E-state index in [9.17, 15) is 4.79 Å². The van der Waals surface area contributed by atoms with Gasteiger partial charge in [-0.1, -0.05) is 18.2 Å². The van der Waals surface area contributed by atoms with Gasteiger partial charge < -0.3 is 11.1 Å². The second-order valence-electron chi connectivity index (χ2n) is 5.30. The lowest BCUT2D eigenvalue weighted by molar-refractivity contribution is -0.122. The Balaban J connectivity index is 1.53. The molecule has 1 aliphatic heterocycles. The highest BCUT2D eigenvalue weighted by Crippen LogP contribution is 2.23. The predicted molar refractivity (Wildman–Crippen MR) is 86.0 cm³/mol. The molecule has 1 aromatic carbocycles. The summed E-state index contributed by atoms with van der Waals surface area (Å²) in [6.45, 7) is 2.74. The Kier molecular flexibility index (Phi) is 4.22. The zero-order valence-electron chi connectivity index (χ0n) is 11.8. The first-order chi connectivity index (χ1) is 10.2. The molecule has 3 rings (SSSR count). The number of hydrogen-bond donors (Lipinski definition) is 2. The summed E-state index contributed by atoms with van der Waals surface area (Å²) in [6.07, 6.45) is 0.917. The van der Waals surface area contributed by atoms with Crippen LogP contribution in [0.4, 0.5) is 5.69 Å². The SMILES string of the molecule is Nc1cccc2c1CCN(CC(=O)NCc1cccs1)C2. The van der Waals surface area contributed by atoms with E-state index in [0.717, 1.165) is 25.2 Å². The van der Waals surface area contributed by atoms with E-state index in [1.54, 1.807) is 11.3 Å². The van der Waals surface area contributed by atoms with E-state index >= 15 is 0 Å². The van der Waals surface area contributed by atoms with Gasteiger partial charge in [0.25, 0.3) is 0 Å². The number of nitrogens with zero attached hydrogens (tertiary/aromatic N) is 1. The summed E-state index contributed by atoms with van der Waals surface area (Å²) >= 11 is 1.66. The molecule has 1 aliphatic rings. The number of rotatable bonds is 4. The quantitative estimate of drug-likeness (QED) is 0.849. The fraction of sp³-hybridized carbons (Fsp3) is 0.312. The Morgan fingerprint density at radius 3 is 3.05 bits per heavy atom. The molecule has 110 valence electrons. The second kappa shape index (κ2) is 6.28. The molecule has 0 fully saturated rings. The molecule has 0 unspecified atom stereocenters. The number of amides is 1. The van der Waals surface area contributed by atoms with E-state index in [1.165, 1.54) is 16.0 Å². The normalized spacial score (nSPS) is 14.7. The van der Waals surface area contributed by atoms with Crippen molar-refractivity contribution in [3.8, 4) is 0 Å². The minimum atomic E-state index is 0.0794. The van der Waals surface area contributed by atoms with Crippen molar-refractivity contribution in [2.45, 2.75) is 19.5 Å². The Morgan fingerprint density at radius 1 is 1.33 bits per heavy atom. The van der Waals surface area contributed by atoms with Crippen LogP contribution in [0, 0.1) is 0 Å². The van der Waals surface area contributed by atoms with Crippen LogP contribution in [0.1, 0.15) is 16.0 Å². The smallest absolute Gasteiger partial charge is 0.234 e. The van der Waals surface area contributed by atoms with Crippen molar-refractivity contribution in [2.24, 2.45) is 0 Å². The summed E-state index contributed by atoms with van der Waals surface area (Å²) in [6, 6.07) is 10.1. The molecule has 0 bridgehead atoms. The molecule has 0 saturated carbocycles. The lowest BCUT2D eigenvalue weighted by atomic mass is 9.98. The molecule has 2 aromatic rings. The van der Waals surface area contributed by atoms with Gasteiger partial charge >= 0.3 is 0 Å². The first-order valence-corrected chi connectivity index (χ1v) is 7.98. The third-order valence-corrected chi connectivity index (χ3v) is 4.66. The number of carbonyl (C=O) groups excluding carboxylic acids is 1. The average Bonchev–Trinajstić information content (AvgIpc) is 2.99. The van der Waals surface area contributed by atoms with E-state index in [2.05, 4.69) is 16.3 Å². The van der Waals surface area contributed by atoms with Crippen LogP contribution in [0.2, 0.25) is 0 Å². The van der Waals surface area contributed by atoms with Crippen LogP contribution in [0.3, 0.4) is 0 Å². The zero-order chi connectivity index (χ0) is 14.7. The van der Waals surface area contributed by atoms with E-state index in [4.69, 9.17) is 5.73 Å². The van der Waals surface area contributed by atoms with Crippen LogP contribution in [0.25, 0.3) is 0 Å². The topological polar surface area (TPSA) is 58.4 Å². The number of nitrogens with two attached hydrogens (primary N) is 1. The lowest BCUT2D eigenvalue weighted by Gasteiger charge is -2.28. The minimum Gasteiger partial charge on any atom is -0.398 e. The molecule has 4 nitrogen and oxygen atoms in total. The summed E-state index contributed by atoms with van der Waals surface area (Å²) in [5, 5.41) is 4.99. The number of anilines is 1. The molecule has 2 heterocycles. The molecule has 21 heavy (non-hydrogen) atoms. The van der Waals surface area contributed by atoms with Crippen LogP contribution < -0.4 is 11.1 Å². The van der Waals surface area contributed by atoms with Crippen LogP contribution in [-0.4, -0.2) is 23.9 Å². The maximum Gasteiger partial charge on any atom is 0.234 e. The molecule has 1 amide bonds. The maximum atomic E-state index is 12.0. The number of benzene rings is 1. The van der Waals surface area contributed by atoms with Gasteiger partial charge in [-0.2, -0.15) is 0 Å². The largest absolute Gasteiger partial charge is 0.398 e. The van der Waals surface area contributed by atoms with E-state index in [-0.39, 0.29) is 5.91 Å². The van der Waals surface area contributed by atoms with Gasteiger partial charge in [-0.15, -0.1) is 11.3 Å². The molecule has 3 N–H and O–H groups in total. The van der Waals surface area contributed by atoms with E-state index in [1.807, 2.05) is 29.6 Å². The van der Waals surface area contributed by atoms with E-state index in [0.29, 0.717) is 13.1 Å². The number of thiophene rings is 1. The Morgan fingerprint density at radius 2 is 2.24 bits per heavy atom. The van der Waals surface area contributed by atoms with Gasteiger partial charge in [0.2, 0.25) is 5.91 Å². The van der Waals surface area contributed by atoms with Gasteiger partial charge in [0.1, 0.15) is 0 Å². The number of carbonyl (C=O) groups is 1. The molecule has 1 aromatic heterocycles. The molecule has 0 radical (unpaired) electrons. The first kappa shape index (κ1) is 14.1. The van der Waals surface area contributed by atoms with Gasteiger partial charge in [-0.3, -0.25) is 9.69 Å². The van der Waals surface area contributed by atoms with Crippen LogP contribution in [0.15, 0.2) is 35.7 Å². The lowest BCUT2D eigenvalue weighted by Crippen LogP contribution is -2.39. The molecule has 0 spiro atoms. The molecular weight excluding hydrogens is 282 g/mol. The van der Waals surface area contributed by atoms with Crippen molar-refractivity contribution in [3.63, 3.8) is 0 Å². The van der Waals surface area contributed by atoms with Gasteiger partial charge in [0, 0.05) is 23.7 Å². The Hall–Kier alpha value is -1.85. The molecule has 5 heteroatoms. The molecular formula is C16H19N3OS. The first-order valence-electron chi connectivity index (χ1n) is 7.10. The molecule has 0 atom stereocenters. The average molecular weight is 301 g/mol. The number of nitrogens with one attached hydrogen (secondary N) is 1. The van der Waals surface area contributed by atoms with Crippen LogP contribution in [-0.2, 0) is 24.3 Å². The van der Waals surface area contributed by atoms with Crippen molar-refractivity contribution in [3.05, 3.63) is 51.7 Å². The van der Waals surface area contributed by atoms with Crippen molar-refractivity contribution >= 4 is 22.9 Å². The highest BCUT2D eigenvalue weighted by molar-refractivity contribution is 7.09. The van der Waals surface area contributed by atoms with Crippen molar-refractivity contribution in [1.29, 1.82) is 0 Å². The fourth-order valence-electron chi connectivity index (χ4n) is 2.69. The standard InChI is InChI=1S/C16H19N3OS/c17-15-5-1-3-12-10-19(7-6-14(12)15)11-16(20)18-9-13-4-2-8-21-13/h1-5,8H,6-7,9-11,17H2,(H,18,20). The van der Waals surface area contributed by atoms with Gasteiger partial charge in [0.15, 0.2) is 0 Å². The summed E-state index contributed by atoms with van der Waals surface area (Å²) in [5.74, 6) is 0.0794. The summed E-state index contributed by atoms with van der Waals surface area (Å²) in [4.78, 5) is 15.4. The zero-order valence-corrected chi connectivity index (χ0v) is 12.7. The molecule has 0 aliphatic carbocycles. The van der Waals surface area contributed by atoms with Crippen molar-refractivity contribution < 1.29 is 4.79 Å². The summed E-state index contributed by atoms with van der Waals surface area (Å²) in [5.41, 5.74) is 9.35. The minimum absolute atomic E-state index is 0.0794. The van der Waals surface area contributed by atoms with Gasteiger partial charge in [0.05, 0.1) is 13.1 Å². The maximum absolute atomic E-state index is 12.0. The Bertz CT molecular complexity index is 624. The molecule has 0 saturated heterocycles. The van der Waals surface area contributed by atoms with E-state index < -0.39 is 0 Å². The predicted octanol–water partition coefficient (Wildman–Crippen LogP) is 2.00. The highest BCUT2D eigenvalue weighted by atomic mass is 32.1. The highest BCUT2D eigenvalue weighted by Gasteiger charge is 2.19. The van der Waals surface area contributed by atoms with Crippen molar-refractivity contribution in [2.75, 3.05) is 18.8 Å². The third-order valence-electron chi connectivity index (χ3n) is 3.79. The van der Waals surface area contributed by atoms with Gasteiger partial charge in [-0.25, -0.2) is 0 Å². The van der Waals surface area contributed by atoms with Gasteiger partial charge in [-0.05, 0) is 35.1 Å². The second-order valence-corrected chi connectivity index (χ2v) is 6.33. The summed E-state index contributed by atoms with van der Waals surface area (Å²) < 4.78 is 0. The third kappa shape index (κ3) is 3.43. The Labute approximate surface area is 128 Å². The van der Waals surface area contributed by atoms with Crippen LogP contribution in [0.5, 0.6) is 0 Å². The summed E-state index contributed by atoms with van der Waals surface area (Å²) in [7, 11) is 0. The number of nitrogen functional groups attached to an aromatic ring is 1. The number of hydrogen-bond acceptors (Lipinski definition) is 4. The fourth-order valence-corrected chi connectivity index (χ4v) is 3.33. The monoisotopic (exact) mass is 301 g/mol. The number of fused-ring (bicyclic) bond motifs is 1.